The number of amides is 1. The van der Waals surface area contributed by atoms with Gasteiger partial charge in [-0.3, -0.25) is 10.1 Å². The van der Waals surface area contributed by atoms with Crippen LogP contribution in [0, 0.1) is 0 Å². The van der Waals surface area contributed by atoms with Crippen molar-refractivity contribution in [3.05, 3.63) is 28.2 Å². The number of hydrogen-bond acceptors (Lipinski definition) is 4. The van der Waals surface area contributed by atoms with Gasteiger partial charge in [-0.25, -0.2) is 0 Å². The number of methoxy groups -OCH3 is 1. The summed E-state index contributed by atoms with van der Waals surface area (Å²) in [7, 11) is 1.59. The summed E-state index contributed by atoms with van der Waals surface area (Å²) in [5.41, 5.74) is 6.28. The lowest BCUT2D eigenvalue weighted by Gasteiger charge is -2.20. The molecular weight excluding hydrogens is 324 g/mol. The summed E-state index contributed by atoms with van der Waals surface area (Å²) in [6.45, 7) is 1.40. The predicted molar refractivity (Wildman–Crippen MR) is 79.6 cm³/mol. The maximum absolute atomic E-state index is 11.7. The number of carbonyl (C=O) groups excluding carboxylic acids is 1. The van der Waals surface area contributed by atoms with Gasteiger partial charge in [-0.2, -0.15) is 0 Å². The smallest absolute Gasteiger partial charge is 0.239 e. The van der Waals surface area contributed by atoms with Crippen LogP contribution < -0.4 is 15.8 Å². The highest BCUT2D eigenvalue weighted by Crippen LogP contribution is 2.28. The zero-order chi connectivity index (χ0) is 14.5. The maximum Gasteiger partial charge on any atom is 0.239 e. The van der Waals surface area contributed by atoms with E-state index in [4.69, 9.17) is 15.2 Å². The van der Waals surface area contributed by atoms with Gasteiger partial charge in [-0.1, -0.05) is 15.9 Å². The Morgan fingerprint density at radius 3 is 3.05 bits per heavy atom. The van der Waals surface area contributed by atoms with Gasteiger partial charge in [-0.05, 0) is 36.6 Å². The summed E-state index contributed by atoms with van der Waals surface area (Å²) in [5, 5.41) is 3.18. The minimum atomic E-state index is -0.566. The maximum atomic E-state index is 11.7. The van der Waals surface area contributed by atoms with Crippen LogP contribution in [0.4, 0.5) is 0 Å². The molecule has 0 saturated carbocycles. The molecule has 20 heavy (non-hydrogen) atoms. The van der Waals surface area contributed by atoms with Crippen molar-refractivity contribution in [2.45, 2.75) is 25.0 Å². The average Bonchev–Trinajstić information content (AvgIpc) is 2.93. The Labute approximate surface area is 126 Å². The summed E-state index contributed by atoms with van der Waals surface area (Å²) in [6, 6.07) is 4.91. The van der Waals surface area contributed by atoms with E-state index < -0.39 is 11.9 Å². The standard InChI is InChI=1S/C14H19BrN2O3/c1-19-9-4-5-12(15)11(7-9)13(14(16)18)17-8-10-3-2-6-20-10/h4-5,7,10,13,17H,2-3,6,8H2,1H3,(H2,16,18). The van der Waals surface area contributed by atoms with E-state index in [-0.39, 0.29) is 6.10 Å². The van der Waals surface area contributed by atoms with Crippen molar-refractivity contribution in [1.29, 1.82) is 0 Å². The Morgan fingerprint density at radius 1 is 1.65 bits per heavy atom. The third kappa shape index (κ3) is 3.71. The van der Waals surface area contributed by atoms with E-state index in [1.165, 1.54) is 0 Å². The predicted octanol–water partition coefficient (Wildman–Crippen LogP) is 1.75. The lowest BCUT2D eigenvalue weighted by Crippen LogP contribution is -2.38. The lowest BCUT2D eigenvalue weighted by atomic mass is 10.1. The number of hydrogen-bond donors (Lipinski definition) is 2. The quantitative estimate of drug-likeness (QED) is 0.825. The van der Waals surface area contributed by atoms with Gasteiger partial charge in [0.15, 0.2) is 0 Å². The van der Waals surface area contributed by atoms with Gasteiger partial charge in [0.05, 0.1) is 13.2 Å². The van der Waals surface area contributed by atoms with Crippen LogP contribution >= 0.6 is 15.9 Å². The van der Waals surface area contributed by atoms with E-state index in [0.717, 1.165) is 29.5 Å². The molecule has 3 N–H and O–H groups in total. The molecule has 6 heteroatoms. The molecule has 1 fully saturated rings. The summed E-state index contributed by atoms with van der Waals surface area (Å²) >= 11 is 3.45. The van der Waals surface area contributed by atoms with Gasteiger partial charge in [-0.15, -0.1) is 0 Å². The van der Waals surface area contributed by atoms with E-state index >= 15 is 0 Å². The zero-order valence-electron chi connectivity index (χ0n) is 11.4. The Morgan fingerprint density at radius 2 is 2.45 bits per heavy atom. The van der Waals surface area contributed by atoms with E-state index in [1.807, 2.05) is 18.2 Å². The molecule has 2 atom stereocenters. The number of benzene rings is 1. The lowest BCUT2D eigenvalue weighted by molar-refractivity contribution is -0.120. The van der Waals surface area contributed by atoms with Gasteiger partial charge in [0.2, 0.25) is 5.91 Å². The Bertz CT molecular complexity index is 475. The van der Waals surface area contributed by atoms with Gasteiger partial charge < -0.3 is 15.2 Å². The van der Waals surface area contributed by atoms with Crippen molar-refractivity contribution in [1.82, 2.24) is 5.32 Å². The zero-order valence-corrected chi connectivity index (χ0v) is 13.0. The molecule has 0 spiro atoms. The molecule has 1 amide bonds. The SMILES string of the molecule is COc1ccc(Br)c(C(NCC2CCCO2)C(N)=O)c1. The van der Waals surface area contributed by atoms with E-state index in [0.29, 0.717) is 12.3 Å². The number of primary amides is 1. The number of rotatable bonds is 6. The Balaban J connectivity index is 2.12. The first-order chi connectivity index (χ1) is 9.61. The molecule has 1 aliphatic heterocycles. The highest BCUT2D eigenvalue weighted by molar-refractivity contribution is 9.10. The molecular formula is C14H19BrN2O3. The largest absolute Gasteiger partial charge is 0.497 e. The second kappa shape index (κ2) is 7.06. The molecule has 1 aromatic rings. The number of ether oxygens (including phenoxy) is 2. The molecule has 0 radical (unpaired) electrons. The second-order valence-electron chi connectivity index (χ2n) is 4.77. The first kappa shape index (κ1) is 15.3. The van der Waals surface area contributed by atoms with Gasteiger partial charge >= 0.3 is 0 Å². The highest BCUT2D eigenvalue weighted by atomic mass is 79.9. The minimum absolute atomic E-state index is 0.154. The van der Waals surface area contributed by atoms with Crippen LogP contribution in [0.25, 0.3) is 0 Å². The Kier molecular flexibility index (Phi) is 5.39. The average molecular weight is 343 g/mol. The number of nitrogens with two attached hydrogens (primary N) is 1. The summed E-state index contributed by atoms with van der Waals surface area (Å²) in [4.78, 5) is 11.7. The van der Waals surface area contributed by atoms with Crippen LogP contribution in [0.5, 0.6) is 5.75 Å². The number of nitrogens with one attached hydrogen (secondary N) is 1. The van der Waals surface area contributed by atoms with Crippen molar-refractivity contribution >= 4 is 21.8 Å². The van der Waals surface area contributed by atoms with Gasteiger partial charge in [0, 0.05) is 17.6 Å². The molecule has 2 rings (SSSR count). The monoisotopic (exact) mass is 342 g/mol. The van der Waals surface area contributed by atoms with Crippen molar-refractivity contribution < 1.29 is 14.3 Å². The molecule has 0 bridgehead atoms. The first-order valence-corrected chi connectivity index (χ1v) is 7.39. The first-order valence-electron chi connectivity index (χ1n) is 6.59. The summed E-state index contributed by atoms with van der Waals surface area (Å²) in [6.07, 6.45) is 2.23. The molecule has 2 unspecified atom stereocenters. The van der Waals surface area contributed by atoms with Crippen molar-refractivity contribution in [2.24, 2.45) is 5.73 Å². The fraction of sp³-hybridized carbons (Fsp3) is 0.500. The van der Waals surface area contributed by atoms with E-state index in [1.54, 1.807) is 7.11 Å². The molecule has 0 aliphatic carbocycles. The molecule has 1 aliphatic rings. The molecule has 110 valence electrons. The van der Waals surface area contributed by atoms with Crippen LogP contribution in [0.1, 0.15) is 24.4 Å². The van der Waals surface area contributed by atoms with Crippen LogP contribution in [-0.2, 0) is 9.53 Å². The van der Waals surface area contributed by atoms with Crippen LogP contribution in [0.15, 0.2) is 22.7 Å². The summed E-state index contributed by atoms with van der Waals surface area (Å²) in [5.74, 6) is 0.269. The number of halogens is 1. The van der Waals surface area contributed by atoms with Crippen molar-refractivity contribution in [3.63, 3.8) is 0 Å². The van der Waals surface area contributed by atoms with Crippen LogP contribution in [0.3, 0.4) is 0 Å². The van der Waals surface area contributed by atoms with Crippen LogP contribution in [0.2, 0.25) is 0 Å². The fourth-order valence-electron chi connectivity index (χ4n) is 2.29. The van der Waals surface area contributed by atoms with Crippen LogP contribution in [-0.4, -0.2) is 32.3 Å². The summed E-state index contributed by atoms with van der Waals surface area (Å²) < 4.78 is 11.6. The molecule has 1 aromatic carbocycles. The molecule has 0 aromatic heterocycles. The van der Waals surface area contributed by atoms with Gasteiger partial charge in [0.1, 0.15) is 11.8 Å². The number of carbonyl (C=O) groups is 1. The normalized spacial score (nSPS) is 19.8. The van der Waals surface area contributed by atoms with Gasteiger partial charge in [0.25, 0.3) is 0 Å². The Hall–Kier alpha value is -1.11. The second-order valence-corrected chi connectivity index (χ2v) is 5.62. The fourth-order valence-corrected chi connectivity index (χ4v) is 2.76. The minimum Gasteiger partial charge on any atom is -0.497 e. The molecule has 1 saturated heterocycles. The van der Waals surface area contributed by atoms with E-state index in [2.05, 4.69) is 21.2 Å². The van der Waals surface area contributed by atoms with E-state index in [9.17, 15) is 4.79 Å². The molecule has 1 heterocycles. The molecule has 5 nitrogen and oxygen atoms in total. The topological polar surface area (TPSA) is 73.6 Å². The third-order valence-corrected chi connectivity index (χ3v) is 4.09. The third-order valence-electron chi connectivity index (χ3n) is 3.37. The highest BCUT2D eigenvalue weighted by Gasteiger charge is 2.23. The van der Waals surface area contributed by atoms with Crippen molar-refractivity contribution in [2.75, 3.05) is 20.3 Å². The van der Waals surface area contributed by atoms with Crippen molar-refractivity contribution in [3.8, 4) is 5.75 Å².